The molecule has 18 heavy (non-hydrogen) atoms. The molecular formula is C11H11BrClF2NO2. The molecule has 0 aromatic heterocycles. The van der Waals surface area contributed by atoms with E-state index in [0.717, 1.165) is 12.1 Å². The Labute approximate surface area is 117 Å². The molecule has 0 aliphatic carbocycles. The van der Waals surface area contributed by atoms with Crippen LogP contribution >= 0.6 is 27.5 Å². The van der Waals surface area contributed by atoms with Gasteiger partial charge in [-0.3, -0.25) is 4.79 Å². The number of alkyl halides is 1. The van der Waals surface area contributed by atoms with E-state index in [4.69, 9.17) is 16.3 Å². The van der Waals surface area contributed by atoms with Crippen LogP contribution in [0, 0.1) is 11.6 Å². The Morgan fingerprint density at radius 1 is 1.50 bits per heavy atom. The Morgan fingerprint density at radius 3 is 2.72 bits per heavy atom. The number of hydrogen-bond acceptors (Lipinski definition) is 2. The molecule has 1 atom stereocenters. The van der Waals surface area contributed by atoms with Crippen molar-refractivity contribution in [1.82, 2.24) is 5.32 Å². The lowest BCUT2D eigenvalue weighted by Crippen LogP contribution is -2.39. The summed E-state index contributed by atoms with van der Waals surface area (Å²) in [6.07, 6.45) is 0. The van der Waals surface area contributed by atoms with E-state index in [-0.39, 0.29) is 23.2 Å². The van der Waals surface area contributed by atoms with Gasteiger partial charge in [-0.25, -0.2) is 8.78 Å². The van der Waals surface area contributed by atoms with E-state index >= 15 is 0 Å². The number of rotatable bonds is 5. The number of hydrogen-bond donors (Lipinski definition) is 1. The van der Waals surface area contributed by atoms with Crippen LogP contribution in [0.5, 0.6) is 0 Å². The van der Waals surface area contributed by atoms with E-state index in [0.29, 0.717) is 5.33 Å². The van der Waals surface area contributed by atoms with Crippen molar-refractivity contribution in [3.8, 4) is 0 Å². The molecule has 100 valence electrons. The van der Waals surface area contributed by atoms with E-state index in [2.05, 4.69) is 21.2 Å². The first kappa shape index (κ1) is 15.3. The largest absolute Gasteiger partial charge is 0.383 e. The Bertz CT molecular complexity index is 445. The number of carbonyl (C=O) groups is 1. The van der Waals surface area contributed by atoms with Crippen molar-refractivity contribution in [2.45, 2.75) is 6.04 Å². The van der Waals surface area contributed by atoms with E-state index in [1.54, 1.807) is 0 Å². The number of benzene rings is 1. The van der Waals surface area contributed by atoms with Crippen molar-refractivity contribution in [3.05, 3.63) is 34.4 Å². The van der Waals surface area contributed by atoms with E-state index in [1.807, 2.05) is 0 Å². The molecule has 1 aromatic carbocycles. The van der Waals surface area contributed by atoms with Crippen LogP contribution in [0.3, 0.4) is 0 Å². The number of carbonyl (C=O) groups excluding carboxylic acids is 1. The third-order valence-electron chi connectivity index (χ3n) is 2.14. The van der Waals surface area contributed by atoms with Crippen LogP contribution in [-0.2, 0) is 4.74 Å². The van der Waals surface area contributed by atoms with Crippen molar-refractivity contribution >= 4 is 33.4 Å². The maximum absolute atomic E-state index is 13.5. The molecular weight excluding hydrogens is 331 g/mol. The molecule has 0 aliphatic heterocycles. The Morgan fingerprint density at radius 2 is 2.17 bits per heavy atom. The molecule has 3 nitrogen and oxygen atoms in total. The minimum atomic E-state index is -0.871. The zero-order valence-electron chi connectivity index (χ0n) is 9.47. The van der Waals surface area contributed by atoms with Crippen LogP contribution in [-0.4, -0.2) is 31.0 Å². The molecule has 0 spiro atoms. The fraction of sp³-hybridized carbons (Fsp3) is 0.364. The third-order valence-corrected chi connectivity index (χ3v) is 3.22. The zero-order valence-corrected chi connectivity index (χ0v) is 11.8. The van der Waals surface area contributed by atoms with Gasteiger partial charge in [-0.2, -0.15) is 0 Å². The monoisotopic (exact) mass is 341 g/mol. The number of amides is 1. The Hall–Kier alpha value is -0.720. The lowest BCUT2D eigenvalue weighted by molar-refractivity contribution is 0.0903. The van der Waals surface area contributed by atoms with Crippen molar-refractivity contribution in [2.24, 2.45) is 0 Å². The fourth-order valence-corrected chi connectivity index (χ4v) is 1.78. The summed E-state index contributed by atoms with van der Waals surface area (Å²) >= 11 is 8.58. The molecule has 0 heterocycles. The second kappa shape index (κ2) is 7.01. The fourth-order valence-electron chi connectivity index (χ4n) is 1.29. The summed E-state index contributed by atoms with van der Waals surface area (Å²) in [5.74, 6) is -2.43. The first-order chi connectivity index (χ1) is 8.49. The summed E-state index contributed by atoms with van der Waals surface area (Å²) in [6.45, 7) is 0.259. The second-order valence-electron chi connectivity index (χ2n) is 3.53. The number of halogens is 4. The van der Waals surface area contributed by atoms with E-state index in [9.17, 15) is 13.6 Å². The predicted molar refractivity (Wildman–Crippen MR) is 68.3 cm³/mol. The first-order valence-electron chi connectivity index (χ1n) is 5.00. The predicted octanol–water partition coefficient (Wildman–Crippen LogP) is 2.76. The molecule has 0 radical (unpaired) electrons. The summed E-state index contributed by atoms with van der Waals surface area (Å²) in [5.41, 5.74) is -0.390. The average Bonchev–Trinajstić information content (AvgIpc) is 2.33. The third kappa shape index (κ3) is 3.90. The van der Waals surface area contributed by atoms with Gasteiger partial charge in [0.25, 0.3) is 5.91 Å². The summed E-state index contributed by atoms with van der Waals surface area (Å²) in [4.78, 5) is 11.7. The smallest absolute Gasteiger partial charge is 0.254 e. The second-order valence-corrected chi connectivity index (χ2v) is 4.58. The number of methoxy groups -OCH3 is 1. The van der Waals surface area contributed by atoms with Crippen molar-refractivity contribution in [3.63, 3.8) is 0 Å². The van der Waals surface area contributed by atoms with Gasteiger partial charge >= 0.3 is 0 Å². The van der Waals surface area contributed by atoms with Crippen molar-refractivity contribution in [2.75, 3.05) is 19.0 Å². The van der Waals surface area contributed by atoms with Crippen molar-refractivity contribution < 1.29 is 18.3 Å². The van der Waals surface area contributed by atoms with Gasteiger partial charge in [0, 0.05) is 12.4 Å². The lowest BCUT2D eigenvalue weighted by atomic mass is 10.2. The average molecular weight is 343 g/mol. The van der Waals surface area contributed by atoms with Crippen LogP contribution in [0.4, 0.5) is 8.78 Å². The molecule has 0 fully saturated rings. The van der Waals surface area contributed by atoms with Crippen LogP contribution in [0.2, 0.25) is 5.02 Å². The molecule has 1 rings (SSSR count). The van der Waals surface area contributed by atoms with Gasteiger partial charge in [0.2, 0.25) is 0 Å². The van der Waals surface area contributed by atoms with E-state index < -0.39 is 17.5 Å². The van der Waals surface area contributed by atoms with E-state index in [1.165, 1.54) is 7.11 Å². The highest BCUT2D eigenvalue weighted by Gasteiger charge is 2.18. The first-order valence-corrected chi connectivity index (χ1v) is 6.49. The molecule has 1 N–H and O–H groups in total. The quantitative estimate of drug-likeness (QED) is 0.660. The molecule has 1 unspecified atom stereocenters. The maximum Gasteiger partial charge on any atom is 0.254 e. The van der Waals surface area contributed by atoms with Gasteiger partial charge in [-0.1, -0.05) is 27.5 Å². The summed E-state index contributed by atoms with van der Waals surface area (Å²) < 4.78 is 31.5. The highest BCUT2D eigenvalue weighted by atomic mass is 79.9. The lowest BCUT2D eigenvalue weighted by Gasteiger charge is -2.15. The van der Waals surface area contributed by atoms with Crippen LogP contribution < -0.4 is 5.32 Å². The number of ether oxygens (including phenoxy) is 1. The summed E-state index contributed by atoms with van der Waals surface area (Å²) in [7, 11) is 1.48. The Kier molecular flexibility index (Phi) is 5.98. The number of nitrogens with one attached hydrogen (secondary N) is 1. The highest BCUT2D eigenvalue weighted by molar-refractivity contribution is 9.09. The van der Waals surface area contributed by atoms with Gasteiger partial charge in [0.1, 0.15) is 11.6 Å². The van der Waals surface area contributed by atoms with Gasteiger partial charge < -0.3 is 10.1 Å². The van der Waals surface area contributed by atoms with Gasteiger partial charge in [-0.05, 0) is 12.1 Å². The molecule has 7 heteroatoms. The topological polar surface area (TPSA) is 38.3 Å². The normalized spacial score (nSPS) is 12.3. The molecule has 0 aliphatic rings. The molecule has 0 bridgehead atoms. The molecule has 0 saturated heterocycles. The van der Waals surface area contributed by atoms with Crippen LogP contribution in [0.15, 0.2) is 12.1 Å². The summed E-state index contributed by atoms with van der Waals surface area (Å²) in [5, 5.41) is 2.58. The SMILES string of the molecule is COCC(CBr)NC(=O)c1cc(F)c(Cl)cc1F. The standard InChI is InChI=1S/C11H11BrClF2NO2/c1-18-5-6(4-12)16-11(17)7-2-10(15)8(13)3-9(7)14/h2-3,6H,4-5H2,1H3,(H,16,17). The molecule has 1 amide bonds. The Balaban J connectivity index is 2.87. The zero-order chi connectivity index (χ0) is 13.7. The van der Waals surface area contributed by atoms with Gasteiger partial charge in [-0.15, -0.1) is 0 Å². The minimum absolute atomic E-state index is 0.259. The van der Waals surface area contributed by atoms with Crippen LogP contribution in [0.25, 0.3) is 0 Å². The van der Waals surface area contributed by atoms with Crippen molar-refractivity contribution in [1.29, 1.82) is 0 Å². The molecule has 0 saturated carbocycles. The maximum atomic E-state index is 13.5. The van der Waals surface area contributed by atoms with Gasteiger partial charge in [0.15, 0.2) is 0 Å². The minimum Gasteiger partial charge on any atom is -0.383 e. The highest BCUT2D eigenvalue weighted by Crippen LogP contribution is 2.19. The van der Waals surface area contributed by atoms with Crippen LogP contribution in [0.1, 0.15) is 10.4 Å². The molecule has 1 aromatic rings. The summed E-state index contributed by atoms with van der Waals surface area (Å²) in [6, 6.07) is 1.21. The van der Waals surface area contributed by atoms with Gasteiger partial charge in [0.05, 0.1) is 23.2 Å².